The Kier molecular flexibility index (Phi) is 7.06. The summed E-state index contributed by atoms with van der Waals surface area (Å²) < 4.78 is 34.0. The zero-order chi connectivity index (χ0) is 22.6. The van der Waals surface area contributed by atoms with E-state index in [1.54, 1.807) is 32.9 Å². The number of carbonyl (C=O) groups excluding carboxylic acids is 1. The second-order valence-electron chi connectivity index (χ2n) is 9.22. The molecule has 1 aliphatic rings. The van der Waals surface area contributed by atoms with E-state index in [1.165, 1.54) is 6.07 Å². The van der Waals surface area contributed by atoms with E-state index in [9.17, 15) is 13.2 Å². The average Bonchev–Trinajstić information content (AvgIpc) is 2.71. The van der Waals surface area contributed by atoms with Crippen molar-refractivity contribution in [2.75, 3.05) is 19.7 Å². The van der Waals surface area contributed by atoms with Crippen molar-refractivity contribution in [3.8, 4) is 5.75 Å². The van der Waals surface area contributed by atoms with Gasteiger partial charge in [0.2, 0.25) is 10.0 Å². The van der Waals surface area contributed by atoms with Gasteiger partial charge in [-0.3, -0.25) is 4.79 Å². The molecule has 2 aromatic rings. The molecule has 7 heteroatoms. The molecule has 1 heterocycles. The van der Waals surface area contributed by atoms with Gasteiger partial charge in [0.25, 0.3) is 5.91 Å². The zero-order valence-corrected chi connectivity index (χ0v) is 19.5. The molecule has 0 saturated carbocycles. The van der Waals surface area contributed by atoms with Crippen LogP contribution in [-0.2, 0) is 10.0 Å². The SMILES string of the molecule is Cc1ccc(S(=O)(=O)NC(C)(C)C)cc1C(=O)N1CCCC(COc2ccccc2)C1. The summed E-state index contributed by atoms with van der Waals surface area (Å²) in [5, 5.41) is 0. The van der Waals surface area contributed by atoms with Gasteiger partial charge < -0.3 is 9.64 Å². The fraction of sp³-hybridized carbons (Fsp3) is 0.458. The number of carbonyl (C=O) groups is 1. The number of amides is 1. The van der Waals surface area contributed by atoms with Gasteiger partial charge >= 0.3 is 0 Å². The standard InChI is InChI=1S/C24H32N2O4S/c1-18-12-13-21(31(28,29)25-24(2,3)4)15-22(18)23(27)26-14-8-9-19(16-26)17-30-20-10-6-5-7-11-20/h5-7,10-13,15,19,25H,8-9,14,16-17H2,1-4H3. The molecule has 0 radical (unpaired) electrons. The Bertz CT molecular complexity index is 1010. The number of aryl methyl sites for hydroxylation is 1. The van der Waals surface area contributed by atoms with E-state index in [0.29, 0.717) is 25.3 Å². The second kappa shape index (κ2) is 9.40. The van der Waals surface area contributed by atoms with Crippen LogP contribution in [0.3, 0.4) is 0 Å². The number of para-hydroxylation sites is 1. The Labute approximate surface area is 185 Å². The summed E-state index contributed by atoms with van der Waals surface area (Å²) in [6.45, 7) is 9.01. The van der Waals surface area contributed by atoms with E-state index in [1.807, 2.05) is 42.2 Å². The second-order valence-corrected chi connectivity index (χ2v) is 10.9. The molecule has 6 nitrogen and oxygen atoms in total. The van der Waals surface area contributed by atoms with Gasteiger partial charge in [0.05, 0.1) is 11.5 Å². The summed E-state index contributed by atoms with van der Waals surface area (Å²) in [5.41, 5.74) is 0.594. The van der Waals surface area contributed by atoms with Gasteiger partial charge in [-0.25, -0.2) is 13.1 Å². The maximum absolute atomic E-state index is 13.3. The number of hydrogen-bond acceptors (Lipinski definition) is 4. The molecule has 1 aliphatic heterocycles. The molecule has 1 saturated heterocycles. The van der Waals surface area contributed by atoms with Crippen LogP contribution < -0.4 is 9.46 Å². The number of hydrogen-bond donors (Lipinski definition) is 1. The Morgan fingerprint density at radius 1 is 1.16 bits per heavy atom. The lowest BCUT2D eigenvalue weighted by molar-refractivity contribution is 0.0632. The smallest absolute Gasteiger partial charge is 0.254 e. The maximum atomic E-state index is 13.3. The van der Waals surface area contributed by atoms with Crippen LogP contribution >= 0.6 is 0 Å². The van der Waals surface area contributed by atoms with Crippen molar-refractivity contribution in [3.05, 3.63) is 59.7 Å². The molecule has 0 aromatic heterocycles. The first-order chi connectivity index (χ1) is 14.5. The zero-order valence-electron chi connectivity index (χ0n) is 18.7. The first kappa shape index (κ1) is 23.3. The Hall–Kier alpha value is -2.38. The third-order valence-electron chi connectivity index (χ3n) is 5.23. The Morgan fingerprint density at radius 2 is 1.87 bits per heavy atom. The quantitative estimate of drug-likeness (QED) is 0.731. The minimum absolute atomic E-state index is 0.109. The fourth-order valence-corrected chi connectivity index (χ4v) is 5.19. The number of rotatable bonds is 6. The van der Waals surface area contributed by atoms with Crippen LogP contribution in [0.2, 0.25) is 0 Å². The molecule has 168 valence electrons. The van der Waals surface area contributed by atoms with Gasteiger partial charge in [-0.05, 0) is 70.4 Å². The van der Waals surface area contributed by atoms with Gasteiger partial charge in [0.15, 0.2) is 0 Å². The number of sulfonamides is 1. The molecule has 1 N–H and O–H groups in total. The number of benzene rings is 2. The van der Waals surface area contributed by atoms with Gasteiger partial charge in [-0.1, -0.05) is 24.3 Å². The minimum Gasteiger partial charge on any atom is -0.493 e. The molecule has 31 heavy (non-hydrogen) atoms. The first-order valence-electron chi connectivity index (χ1n) is 10.7. The summed E-state index contributed by atoms with van der Waals surface area (Å²) in [5.74, 6) is 0.938. The summed E-state index contributed by atoms with van der Waals surface area (Å²) in [4.78, 5) is 15.2. The van der Waals surface area contributed by atoms with Gasteiger partial charge in [-0.15, -0.1) is 0 Å². The molecule has 1 atom stereocenters. The number of ether oxygens (including phenoxy) is 1. The monoisotopic (exact) mass is 444 g/mol. The van der Waals surface area contributed by atoms with Crippen LogP contribution in [0.5, 0.6) is 5.75 Å². The van der Waals surface area contributed by atoms with Crippen molar-refractivity contribution in [2.45, 2.75) is 51.0 Å². The molecule has 0 aliphatic carbocycles. The van der Waals surface area contributed by atoms with Crippen molar-refractivity contribution in [2.24, 2.45) is 5.92 Å². The maximum Gasteiger partial charge on any atom is 0.254 e. The molecule has 1 fully saturated rings. The normalized spacial score (nSPS) is 17.4. The largest absolute Gasteiger partial charge is 0.493 e. The lowest BCUT2D eigenvalue weighted by atomic mass is 9.97. The van der Waals surface area contributed by atoms with Gasteiger partial charge in [0.1, 0.15) is 5.75 Å². The van der Waals surface area contributed by atoms with E-state index < -0.39 is 15.6 Å². The van der Waals surface area contributed by atoms with Crippen molar-refractivity contribution in [1.29, 1.82) is 0 Å². The number of likely N-dealkylation sites (tertiary alicyclic amines) is 1. The van der Waals surface area contributed by atoms with Crippen molar-refractivity contribution >= 4 is 15.9 Å². The highest BCUT2D eigenvalue weighted by Crippen LogP contribution is 2.23. The van der Waals surface area contributed by atoms with E-state index >= 15 is 0 Å². The molecule has 0 bridgehead atoms. The van der Waals surface area contributed by atoms with Crippen LogP contribution in [-0.4, -0.2) is 44.5 Å². The number of nitrogens with zero attached hydrogens (tertiary/aromatic N) is 1. The first-order valence-corrected chi connectivity index (χ1v) is 12.2. The predicted octanol–water partition coefficient (Wildman–Crippen LogP) is 4.00. The molecular formula is C24H32N2O4S. The van der Waals surface area contributed by atoms with Crippen molar-refractivity contribution in [1.82, 2.24) is 9.62 Å². The van der Waals surface area contributed by atoms with E-state index in [0.717, 1.165) is 24.2 Å². The van der Waals surface area contributed by atoms with Crippen LogP contribution in [0.4, 0.5) is 0 Å². The summed E-state index contributed by atoms with van der Waals surface area (Å²) >= 11 is 0. The topological polar surface area (TPSA) is 75.7 Å². The fourth-order valence-electron chi connectivity index (χ4n) is 3.75. The van der Waals surface area contributed by atoms with Crippen molar-refractivity contribution in [3.63, 3.8) is 0 Å². The van der Waals surface area contributed by atoms with Gasteiger partial charge in [-0.2, -0.15) is 0 Å². The molecular weight excluding hydrogens is 412 g/mol. The van der Waals surface area contributed by atoms with Crippen LogP contribution in [0.25, 0.3) is 0 Å². The number of piperidine rings is 1. The lowest BCUT2D eigenvalue weighted by Gasteiger charge is -2.33. The third-order valence-corrected chi connectivity index (χ3v) is 6.98. The highest BCUT2D eigenvalue weighted by molar-refractivity contribution is 7.89. The number of nitrogens with one attached hydrogen (secondary N) is 1. The third kappa shape index (κ3) is 6.31. The highest BCUT2D eigenvalue weighted by Gasteiger charge is 2.28. The van der Waals surface area contributed by atoms with E-state index in [-0.39, 0.29) is 16.7 Å². The Balaban J connectivity index is 1.72. The van der Waals surface area contributed by atoms with Crippen molar-refractivity contribution < 1.29 is 17.9 Å². The molecule has 1 amide bonds. The van der Waals surface area contributed by atoms with E-state index in [4.69, 9.17) is 4.74 Å². The van der Waals surface area contributed by atoms with Crippen LogP contribution in [0.1, 0.15) is 49.5 Å². The molecule has 3 rings (SSSR count). The minimum atomic E-state index is -3.71. The van der Waals surface area contributed by atoms with Crippen LogP contribution in [0, 0.1) is 12.8 Å². The van der Waals surface area contributed by atoms with Gasteiger partial charge in [0, 0.05) is 30.1 Å². The summed E-state index contributed by atoms with van der Waals surface area (Å²) in [6.07, 6.45) is 1.90. The average molecular weight is 445 g/mol. The lowest BCUT2D eigenvalue weighted by Crippen LogP contribution is -2.42. The molecule has 0 spiro atoms. The predicted molar refractivity (Wildman–Crippen MR) is 122 cm³/mol. The Morgan fingerprint density at radius 3 is 2.55 bits per heavy atom. The summed E-state index contributed by atoms with van der Waals surface area (Å²) in [6, 6.07) is 14.4. The molecule has 2 aromatic carbocycles. The highest BCUT2D eigenvalue weighted by atomic mass is 32.2. The van der Waals surface area contributed by atoms with E-state index in [2.05, 4.69) is 4.72 Å². The van der Waals surface area contributed by atoms with Crippen LogP contribution in [0.15, 0.2) is 53.4 Å². The summed E-state index contributed by atoms with van der Waals surface area (Å²) in [7, 11) is -3.71. The molecule has 1 unspecified atom stereocenters.